The molecule has 144 valence electrons. The fourth-order valence-corrected chi connectivity index (χ4v) is 3.35. The van der Waals surface area contributed by atoms with Crippen LogP contribution in [0.25, 0.3) is 0 Å². The lowest BCUT2D eigenvalue weighted by Gasteiger charge is -2.35. The lowest BCUT2D eigenvalue weighted by atomic mass is 10.1. The third-order valence-corrected chi connectivity index (χ3v) is 4.88. The molecule has 0 saturated carbocycles. The van der Waals surface area contributed by atoms with Gasteiger partial charge in [-0.1, -0.05) is 35.5 Å². The van der Waals surface area contributed by atoms with Gasteiger partial charge in [0.05, 0.1) is 19.0 Å². The summed E-state index contributed by atoms with van der Waals surface area (Å²) in [4.78, 5) is 28.7. The topological polar surface area (TPSA) is 78.7 Å². The molecule has 0 bridgehead atoms. The molecule has 1 aromatic carbocycles. The number of piperazine rings is 1. The molecule has 1 unspecified atom stereocenters. The number of rotatable bonds is 8. The molecule has 0 spiro atoms. The summed E-state index contributed by atoms with van der Waals surface area (Å²) in [5.74, 6) is -0.141. The molecule has 0 aliphatic carbocycles. The fourth-order valence-electron chi connectivity index (χ4n) is 3.35. The van der Waals surface area contributed by atoms with Crippen LogP contribution in [0.2, 0.25) is 0 Å². The molecule has 7 heteroatoms. The largest absolute Gasteiger partial charge is 0.364 e. The van der Waals surface area contributed by atoms with Crippen molar-refractivity contribution in [2.45, 2.75) is 31.8 Å². The molecule has 1 N–H and O–H groups in total. The maximum Gasteiger partial charge on any atom is 0.237 e. The molecule has 1 aliphatic rings. The fraction of sp³-hybridized carbons (Fsp3) is 0.450. The third kappa shape index (κ3) is 5.40. The summed E-state index contributed by atoms with van der Waals surface area (Å²) in [5, 5.41) is 6.71. The van der Waals surface area contributed by atoms with Crippen molar-refractivity contribution in [2.24, 2.45) is 0 Å². The van der Waals surface area contributed by atoms with Crippen LogP contribution in [-0.2, 0) is 22.6 Å². The molecular weight excluding hydrogens is 344 g/mol. The van der Waals surface area contributed by atoms with E-state index in [1.165, 1.54) is 11.8 Å². The Labute approximate surface area is 159 Å². The molecule has 2 heterocycles. The predicted molar refractivity (Wildman–Crippen MR) is 101 cm³/mol. The lowest BCUT2D eigenvalue weighted by molar-refractivity contribution is -0.138. The third-order valence-electron chi connectivity index (χ3n) is 4.88. The van der Waals surface area contributed by atoms with Gasteiger partial charge in [-0.3, -0.25) is 14.5 Å². The van der Waals surface area contributed by atoms with Gasteiger partial charge in [-0.15, -0.1) is 0 Å². The second-order valence-corrected chi connectivity index (χ2v) is 6.88. The molecule has 7 nitrogen and oxygen atoms in total. The molecule has 2 aromatic rings. The van der Waals surface area contributed by atoms with Crippen LogP contribution in [0.4, 0.5) is 0 Å². The van der Waals surface area contributed by atoms with E-state index in [9.17, 15) is 9.59 Å². The van der Waals surface area contributed by atoms with Crippen LogP contribution >= 0.6 is 0 Å². The van der Waals surface area contributed by atoms with Crippen LogP contribution < -0.4 is 5.32 Å². The zero-order valence-corrected chi connectivity index (χ0v) is 15.6. The maximum absolute atomic E-state index is 12.6. The molecule has 1 aliphatic heterocycles. The van der Waals surface area contributed by atoms with E-state index in [-0.39, 0.29) is 18.2 Å². The summed E-state index contributed by atoms with van der Waals surface area (Å²) in [7, 11) is 1.72. The summed E-state index contributed by atoms with van der Waals surface area (Å²) >= 11 is 0. The Morgan fingerprint density at radius 3 is 2.89 bits per heavy atom. The highest BCUT2D eigenvalue weighted by atomic mass is 16.5. The average molecular weight is 370 g/mol. The minimum Gasteiger partial charge on any atom is -0.364 e. The highest BCUT2D eigenvalue weighted by molar-refractivity contribution is 5.88. The summed E-state index contributed by atoms with van der Waals surface area (Å²) in [6, 6.07) is 11.6. The van der Waals surface area contributed by atoms with Gasteiger partial charge in [0.2, 0.25) is 11.8 Å². The molecular formula is C20H26N4O3. The van der Waals surface area contributed by atoms with Gasteiger partial charge >= 0.3 is 0 Å². The van der Waals surface area contributed by atoms with Crippen molar-refractivity contribution in [1.82, 2.24) is 20.3 Å². The number of nitrogens with zero attached hydrogens (tertiary/aromatic N) is 3. The normalized spacial score (nSPS) is 17.5. The van der Waals surface area contributed by atoms with Gasteiger partial charge in [0.15, 0.2) is 0 Å². The van der Waals surface area contributed by atoms with Crippen molar-refractivity contribution in [2.75, 3.05) is 26.7 Å². The molecule has 1 atom stereocenters. The number of hydrogen-bond donors (Lipinski definition) is 1. The van der Waals surface area contributed by atoms with E-state index in [0.29, 0.717) is 18.8 Å². The smallest absolute Gasteiger partial charge is 0.237 e. The van der Waals surface area contributed by atoms with E-state index in [0.717, 1.165) is 25.9 Å². The minimum atomic E-state index is -0.415. The maximum atomic E-state index is 12.6. The Bertz CT molecular complexity index is 733. The Morgan fingerprint density at radius 2 is 2.15 bits per heavy atom. The van der Waals surface area contributed by atoms with Gasteiger partial charge in [-0.2, -0.15) is 0 Å². The van der Waals surface area contributed by atoms with Crippen LogP contribution in [0.15, 0.2) is 47.2 Å². The van der Waals surface area contributed by atoms with E-state index in [1.807, 2.05) is 18.2 Å². The van der Waals surface area contributed by atoms with Crippen molar-refractivity contribution < 1.29 is 14.1 Å². The molecule has 1 fully saturated rings. The molecule has 3 rings (SSSR count). The first-order valence-electron chi connectivity index (χ1n) is 9.32. The summed E-state index contributed by atoms with van der Waals surface area (Å²) in [6.45, 7) is 2.57. The molecule has 1 saturated heterocycles. The Kier molecular flexibility index (Phi) is 6.59. The van der Waals surface area contributed by atoms with Crippen LogP contribution in [-0.4, -0.2) is 59.5 Å². The SMILES string of the molecule is CN(Cc1ccon1)C(=O)CC1C(=O)NCCN1CCCc1ccccc1. The molecule has 27 heavy (non-hydrogen) atoms. The monoisotopic (exact) mass is 370 g/mol. The first-order valence-corrected chi connectivity index (χ1v) is 9.32. The summed E-state index contributed by atoms with van der Waals surface area (Å²) in [6.07, 6.45) is 3.57. The van der Waals surface area contributed by atoms with Gasteiger partial charge in [0, 0.05) is 26.2 Å². The van der Waals surface area contributed by atoms with Gasteiger partial charge in [0.1, 0.15) is 12.0 Å². The first-order chi connectivity index (χ1) is 13.1. The van der Waals surface area contributed by atoms with Crippen molar-refractivity contribution in [1.29, 1.82) is 0 Å². The number of nitrogens with one attached hydrogen (secondary N) is 1. The summed E-state index contributed by atoms with van der Waals surface area (Å²) in [5.41, 5.74) is 1.98. The number of hydrogen-bond acceptors (Lipinski definition) is 5. The van der Waals surface area contributed by atoms with Gasteiger partial charge in [-0.05, 0) is 24.9 Å². The average Bonchev–Trinajstić information content (AvgIpc) is 3.18. The number of carbonyl (C=O) groups excluding carboxylic acids is 2. The number of aromatic nitrogens is 1. The van der Waals surface area contributed by atoms with Crippen molar-refractivity contribution in [3.05, 3.63) is 53.9 Å². The Balaban J connectivity index is 1.53. The van der Waals surface area contributed by atoms with Crippen molar-refractivity contribution >= 4 is 11.8 Å². The molecule has 1 aromatic heterocycles. The van der Waals surface area contributed by atoms with Crippen LogP contribution in [0, 0.1) is 0 Å². The standard InChI is InChI=1S/C20H26N4O3/c1-23(15-17-9-13-27-22-17)19(25)14-18-20(26)21-10-12-24(18)11-5-8-16-6-3-2-4-7-16/h2-4,6-7,9,13,18H,5,8,10-12,14-15H2,1H3,(H,21,26). The van der Waals surface area contributed by atoms with Crippen molar-refractivity contribution in [3.8, 4) is 0 Å². The molecule has 0 radical (unpaired) electrons. The van der Waals surface area contributed by atoms with E-state index in [1.54, 1.807) is 18.0 Å². The Morgan fingerprint density at radius 1 is 1.33 bits per heavy atom. The second-order valence-electron chi connectivity index (χ2n) is 6.88. The van der Waals surface area contributed by atoms with Gasteiger partial charge in [-0.25, -0.2) is 0 Å². The van der Waals surface area contributed by atoms with Crippen molar-refractivity contribution in [3.63, 3.8) is 0 Å². The predicted octanol–water partition coefficient (Wildman–Crippen LogP) is 1.46. The first kappa shape index (κ1) is 19.1. The van der Waals surface area contributed by atoms with E-state index in [4.69, 9.17) is 4.52 Å². The second kappa shape index (κ2) is 9.32. The van der Waals surface area contributed by atoms with E-state index in [2.05, 4.69) is 27.5 Å². The lowest BCUT2D eigenvalue weighted by Crippen LogP contribution is -2.56. The zero-order valence-electron chi connectivity index (χ0n) is 15.6. The minimum absolute atomic E-state index is 0.0656. The number of benzene rings is 1. The highest BCUT2D eigenvalue weighted by Crippen LogP contribution is 2.13. The summed E-state index contributed by atoms with van der Waals surface area (Å²) < 4.78 is 4.80. The van der Waals surface area contributed by atoms with Gasteiger partial charge < -0.3 is 14.7 Å². The molecule has 2 amide bonds. The van der Waals surface area contributed by atoms with Crippen LogP contribution in [0.1, 0.15) is 24.1 Å². The Hall–Kier alpha value is -2.67. The number of aryl methyl sites for hydroxylation is 1. The van der Waals surface area contributed by atoms with Crippen LogP contribution in [0.3, 0.4) is 0 Å². The number of carbonyl (C=O) groups is 2. The van der Waals surface area contributed by atoms with E-state index < -0.39 is 6.04 Å². The zero-order chi connectivity index (χ0) is 19.1. The van der Waals surface area contributed by atoms with Crippen LogP contribution in [0.5, 0.6) is 0 Å². The number of amides is 2. The van der Waals surface area contributed by atoms with E-state index >= 15 is 0 Å². The van der Waals surface area contributed by atoms with Gasteiger partial charge in [0.25, 0.3) is 0 Å². The highest BCUT2D eigenvalue weighted by Gasteiger charge is 2.32. The quantitative estimate of drug-likeness (QED) is 0.761.